The van der Waals surface area contributed by atoms with Crippen molar-refractivity contribution in [3.05, 3.63) is 63.4 Å². The van der Waals surface area contributed by atoms with Crippen LogP contribution < -0.4 is 4.90 Å². The van der Waals surface area contributed by atoms with E-state index in [1.807, 2.05) is 10.8 Å². The Morgan fingerprint density at radius 2 is 2.25 bits per heavy atom. The molecule has 0 spiro atoms. The zero-order chi connectivity index (χ0) is 16.7. The van der Waals surface area contributed by atoms with E-state index in [-0.39, 0.29) is 11.3 Å². The van der Waals surface area contributed by atoms with E-state index in [0.29, 0.717) is 10.7 Å². The lowest BCUT2D eigenvalue weighted by Crippen LogP contribution is -2.30. The van der Waals surface area contributed by atoms with Crippen LogP contribution in [0.1, 0.15) is 22.2 Å². The third kappa shape index (κ3) is 2.17. The van der Waals surface area contributed by atoms with Gasteiger partial charge >= 0.3 is 0 Å². The fraction of sp³-hybridized carbons (Fsp3) is 0.0667. The first-order valence-corrected chi connectivity index (χ1v) is 8.64. The SMILES string of the molecule is O=C(C1=C(O)C(=O)N(c2nncs2)C1c1ccsc1)c1ccco1. The normalized spacial score (nSPS) is 17.8. The van der Waals surface area contributed by atoms with Crippen molar-refractivity contribution >= 4 is 39.5 Å². The summed E-state index contributed by atoms with van der Waals surface area (Å²) in [5.41, 5.74) is 2.17. The van der Waals surface area contributed by atoms with Crippen molar-refractivity contribution in [2.45, 2.75) is 6.04 Å². The standard InChI is InChI=1S/C15H9N3O4S2/c19-12(9-2-1-4-22-9)10-11(8-3-5-23-6-8)18(14(21)13(10)20)15-17-16-7-24-15/h1-7,11,20H. The van der Waals surface area contributed by atoms with Crippen LogP contribution >= 0.6 is 22.7 Å². The first-order chi connectivity index (χ1) is 11.7. The highest BCUT2D eigenvalue weighted by atomic mass is 32.1. The molecule has 0 fully saturated rings. The third-order valence-corrected chi connectivity index (χ3v) is 5.00. The van der Waals surface area contributed by atoms with Crippen molar-refractivity contribution < 1.29 is 19.1 Å². The topological polar surface area (TPSA) is 96.5 Å². The number of anilines is 1. The van der Waals surface area contributed by atoms with Gasteiger partial charge in [-0.25, -0.2) is 0 Å². The molecule has 0 aromatic carbocycles. The second kappa shape index (κ2) is 5.69. The molecule has 7 nitrogen and oxygen atoms in total. The number of aromatic nitrogens is 2. The van der Waals surface area contributed by atoms with Crippen molar-refractivity contribution in [2.75, 3.05) is 4.90 Å². The molecule has 120 valence electrons. The zero-order valence-electron chi connectivity index (χ0n) is 11.9. The summed E-state index contributed by atoms with van der Waals surface area (Å²) in [6.07, 6.45) is 1.36. The molecule has 24 heavy (non-hydrogen) atoms. The quantitative estimate of drug-likeness (QED) is 0.720. The van der Waals surface area contributed by atoms with Gasteiger partial charge in [0.05, 0.1) is 17.9 Å². The molecule has 4 heterocycles. The summed E-state index contributed by atoms with van der Waals surface area (Å²) in [5, 5.41) is 22.0. The lowest BCUT2D eigenvalue weighted by Gasteiger charge is -2.22. The van der Waals surface area contributed by atoms with Crippen molar-refractivity contribution in [3.8, 4) is 0 Å². The van der Waals surface area contributed by atoms with Gasteiger partial charge in [0.15, 0.2) is 11.5 Å². The molecule has 1 N–H and O–H groups in total. The molecule has 1 amide bonds. The van der Waals surface area contributed by atoms with Crippen molar-refractivity contribution in [1.29, 1.82) is 0 Å². The maximum atomic E-state index is 12.8. The van der Waals surface area contributed by atoms with Gasteiger partial charge in [0.1, 0.15) is 5.51 Å². The molecule has 0 bridgehead atoms. The molecule has 0 radical (unpaired) electrons. The molecular weight excluding hydrogens is 350 g/mol. The molecular formula is C15H9N3O4S2. The number of hydrogen-bond donors (Lipinski definition) is 1. The van der Waals surface area contributed by atoms with Crippen molar-refractivity contribution in [1.82, 2.24) is 10.2 Å². The van der Waals surface area contributed by atoms with Gasteiger partial charge in [0, 0.05) is 0 Å². The minimum atomic E-state index is -0.769. The monoisotopic (exact) mass is 359 g/mol. The van der Waals surface area contributed by atoms with Gasteiger partial charge < -0.3 is 9.52 Å². The van der Waals surface area contributed by atoms with E-state index in [9.17, 15) is 14.7 Å². The molecule has 9 heteroatoms. The molecule has 0 saturated carbocycles. The third-order valence-electron chi connectivity index (χ3n) is 3.61. The van der Waals surface area contributed by atoms with Crippen LogP contribution in [0.4, 0.5) is 5.13 Å². The summed E-state index contributed by atoms with van der Waals surface area (Å²) in [7, 11) is 0. The Morgan fingerprint density at radius 3 is 2.88 bits per heavy atom. The van der Waals surface area contributed by atoms with E-state index >= 15 is 0 Å². The van der Waals surface area contributed by atoms with Gasteiger partial charge in [0.2, 0.25) is 10.9 Å². The van der Waals surface area contributed by atoms with Crippen LogP contribution in [0.3, 0.4) is 0 Å². The van der Waals surface area contributed by atoms with Crippen LogP contribution in [-0.2, 0) is 4.79 Å². The minimum Gasteiger partial charge on any atom is -0.503 e. The Bertz CT molecular complexity index is 914. The van der Waals surface area contributed by atoms with Crippen LogP contribution in [-0.4, -0.2) is 27.0 Å². The minimum absolute atomic E-state index is 0.0245. The predicted octanol–water partition coefficient (Wildman–Crippen LogP) is 2.98. The van der Waals surface area contributed by atoms with E-state index in [0.717, 1.165) is 11.3 Å². The van der Waals surface area contributed by atoms with Gasteiger partial charge in [-0.3, -0.25) is 14.5 Å². The summed E-state index contributed by atoms with van der Waals surface area (Å²) in [6.45, 7) is 0. The maximum absolute atomic E-state index is 12.8. The summed E-state index contributed by atoms with van der Waals surface area (Å²) < 4.78 is 5.14. The smallest absolute Gasteiger partial charge is 0.296 e. The molecule has 3 aromatic rings. The average molecular weight is 359 g/mol. The number of furan rings is 1. The highest BCUT2D eigenvalue weighted by Gasteiger charge is 2.46. The second-order valence-electron chi connectivity index (χ2n) is 4.92. The van der Waals surface area contributed by atoms with Crippen LogP contribution in [0.5, 0.6) is 0 Å². The van der Waals surface area contributed by atoms with E-state index in [1.54, 1.807) is 12.1 Å². The maximum Gasteiger partial charge on any atom is 0.296 e. The number of hydrogen-bond acceptors (Lipinski definition) is 8. The molecule has 0 saturated heterocycles. The number of Topliss-reactive ketones (excluding diaryl/α,β-unsaturated/α-hetero) is 1. The van der Waals surface area contributed by atoms with Gasteiger partial charge in [-0.15, -0.1) is 10.2 Å². The van der Waals surface area contributed by atoms with Gasteiger partial charge in [-0.05, 0) is 34.5 Å². The Labute approximate surface area is 143 Å². The highest BCUT2D eigenvalue weighted by molar-refractivity contribution is 7.13. The molecule has 3 aromatic heterocycles. The lowest BCUT2D eigenvalue weighted by molar-refractivity contribution is -0.117. The number of ketones is 1. The Hall–Kier alpha value is -2.78. The first-order valence-electron chi connectivity index (χ1n) is 6.81. The molecule has 1 aliphatic rings. The fourth-order valence-electron chi connectivity index (χ4n) is 2.59. The van der Waals surface area contributed by atoms with Crippen molar-refractivity contribution in [3.63, 3.8) is 0 Å². The lowest BCUT2D eigenvalue weighted by atomic mass is 9.97. The molecule has 1 atom stereocenters. The summed E-state index contributed by atoms with van der Waals surface area (Å²) in [4.78, 5) is 26.6. The van der Waals surface area contributed by atoms with Crippen LogP contribution in [0.25, 0.3) is 0 Å². The molecule has 4 rings (SSSR count). The Morgan fingerprint density at radius 1 is 1.38 bits per heavy atom. The predicted molar refractivity (Wildman–Crippen MR) is 87.1 cm³/mol. The largest absolute Gasteiger partial charge is 0.503 e. The van der Waals surface area contributed by atoms with E-state index < -0.39 is 23.5 Å². The van der Waals surface area contributed by atoms with Gasteiger partial charge in [-0.1, -0.05) is 11.3 Å². The van der Waals surface area contributed by atoms with Gasteiger partial charge in [-0.2, -0.15) is 11.3 Å². The molecule has 1 unspecified atom stereocenters. The zero-order valence-corrected chi connectivity index (χ0v) is 13.6. The Balaban J connectivity index is 1.87. The number of amides is 1. The number of rotatable bonds is 4. The van der Waals surface area contributed by atoms with Crippen LogP contribution in [0.15, 0.2) is 56.5 Å². The van der Waals surface area contributed by atoms with Crippen molar-refractivity contribution in [2.24, 2.45) is 0 Å². The van der Waals surface area contributed by atoms with E-state index in [2.05, 4.69) is 10.2 Å². The number of thiophene rings is 1. The molecule has 0 aliphatic carbocycles. The number of nitrogens with zero attached hydrogens (tertiary/aromatic N) is 3. The number of carbonyl (C=O) groups is 2. The van der Waals surface area contributed by atoms with Crippen LogP contribution in [0, 0.1) is 0 Å². The number of aliphatic hydroxyl groups is 1. The average Bonchev–Trinajstić information content (AvgIpc) is 3.37. The van der Waals surface area contributed by atoms with Crippen LogP contribution in [0.2, 0.25) is 0 Å². The summed E-state index contributed by atoms with van der Waals surface area (Å²) in [5.74, 6) is -1.75. The summed E-state index contributed by atoms with van der Waals surface area (Å²) in [6, 6.07) is 4.09. The Kier molecular flexibility index (Phi) is 3.51. The first kappa shape index (κ1) is 14.8. The van der Waals surface area contributed by atoms with Gasteiger partial charge in [0.25, 0.3) is 5.91 Å². The second-order valence-corrected chi connectivity index (χ2v) is 6.52. The van der Waals surface area contributed by atoms with E-state index in [1.165, 1.54) is 34.1 Å². The number of aliphatic hydroxyl groups excluding tert-OH is 1. The molecule has 1 aliphatic heterocycles. The van der Waals surface area contributed by atoms with E-state index in [4.69, 9.17) is 4.42 Å². The summed E-state index contributed by atoms with van der Waals surface area (Å²) >= 11 is 2.58. The number of carbonyl (C=O) groups excluding carboxylic acids is 2. The fourth-order valence-corrected chi connectivity index (χ4v) is 3.86. The highest BCUT2D eigenvalue weighted by Crippen LogP contribution is 2.42.